The topological polar surface area (TPSA) is 41.6 Å². The van der Waals surface area contributed by atoms with Crippen LogP contribution >= 0.6 is 11.6 Å². The van der Waals surface area contributed by atoms with Crippen molar-refractivity contribution in [2.24, 2.45) is 0 Å². The molecule has 4 nitrogen and oxygen atoms in total. The second-order valence-electron chi connectivity index (χ2n) is 4.91. The minimum atomic E-state index is -0.337. The van der Waals surface area contributed by atoms with Gasteiger partial charge in [-0.3, -0.25) is 5.01 Å². The molecule has 5 heteroatoms. The van der Waals surface area contributed by atoms with Gasteiger partial charge in [-0.1, -0.05) is 23.7 Å². The van der Waals surface area contributed by atoms with Gasteiger partial charge in [0, 0.05) is 11.2 Å². The van der Waals surface area contributed by atoms with E-state index in [0.717, 1.165) is 16.3 Å². The zero-order valence-electron chi connectivity index (χ0n) is 12.0. The Morgan fingerprint density at radius 1 is 1.14 bits per heavy atom. The van der Waals surface area contributed by atoms with Crippen LogP contribution in [0.2, 0.25) is 5.02 Å². The summed E-state index contributed by atoms with van der Waals surface area (Å²) in [6.07, 6.45) is 4.03. The lowest BCUT2D eigenvalue weighted by atomic mass is 10.1. The molecule has 0 aromatic heterocycles. The van der Waals surface area contributed by atoms with Crippen LogP contribution in [0.5, 0.6) is 0 Å². The minimum Gasteiger partial charge on any atom is -0.465 e. The predicted molar refractivity (Wildman–Crippen MR) is 86.7 cm³/mol. The number of carbonyl (C=O) groups is 1. The first-order valence-corrected chi connectivity index (χ1v) is 7.23. The number of nitrogens with zero attached hydrogens (tertiary/aromatic N) is 1. The SMILES string of the molecule is COC(=O)c1ccc(N2C=CC(c3ccc(Cl)cc3)N2)cc1. The number of rotatable bonds is 3. The summed E-state index contributed by atoms with van der Waals surface area (Å²) < 4.78 is 4.69. The molecule has 0 fully saturated rings. The van der Waals surface area contributed by atoms with Crippen molar-refractivity contribution in [3.8, 4) is 0 Å². The highest BCUT2D eigenvalue weighted by molar-refractivity contribution is 6.30. The van der Waals surface area contributed by atoms with Crippen LogP contribution in [0.3, 0.4) is 0 Å². The number of methoxy groups -OCH3 is 1. The molecule has 0 saturated carbocycles. The van der Waals surface area contributed by atoms with Crippen LogP contribution in [-0.4, -0.2) is 13.1 Å². The van der Waals surface area contributed by atoms with E-state index in [0.29, 0.717) is 5.56 Å². The summed E-state index contributed by atoms with van der Waals surface area (Å²) in [5.41, 5.74) is 5.98. The highest BCUT2D eigenvalue weighted by Gasteiger charge is 2.18. The van der Waals surface area contributed by atoms with Gasteiger partial charge >= 0.3 is 5.97 Å². The quantitative estimate of drug-likeness (QED) is 0.877. The Balaban J connectivity index is 1.71. The highest BCUT2D eigenvalue weighted by Crippen LogP contribution is 2.25. The van der Waals surface area contributed by atoms with Crippen LogP contribution in [0.25, 0.3) is 0 Å². The molecule has 112 valence electrons. The smallest absolute Gasteiger partial charge is 0.337 e. The van der Waals surface area contributed by atoms with Crippen LogP contribution in [0, 0.1) is 0 Å². The summed E-state index contributed by atoms with van der Waals surface area (Å²) in [5, 5.41) is 2.64. The van der Waals surface area contributed by atoms with Gasteiger partial charge in [0.25, 0.3) is 0 Å². The third-order valence-corrected chi connectivity index (χ3v) is 3.75. The van der Waals surface area contributed by atoms with Crippen molar-refractivity contribution < 1.29 is 9.53 Å². The van der Waals surface area contributed by atoms with Gasteiger partial charge < -0.3 is 4.74 Å². The van der Waals surface area contributed by atoms with Gasteiger partial charge in [-0.15, -0.1) is 0 Å². The average Bonchev–Trinajstić information content (AvgIpc) is 3.05. The van der Waals surface area contributed by atoms with Gasteiger partial charge in [-0.05, 0) is 48.0 Å². The van der Waals surface area contributed by atoms with Crippen LogP contribution < -0.4 is 10.4 Å². The van der Waals surface area contributed by atoms with Gasteiger partial charge in [-0.2, -0.15) is 0 Å². The number of halogens is 1. The van der Waals surface area contributed by atoms with Crippen LogP contribution in [-0.2, 0) is 4.74 Å². The fourth-order valence-electron chi connectivity index (χ4n) is 2.30. The Morgan fingerprint density at radius 2 is 1.82 bits per heavy atom. The Bertz CT molecular complexity index is 696. The third kappa shape index (κ3) is 2.98. The number of hydrogen-bond donors (Lipinski definition) is 1. The number of esters is 1. The molecule has 0 radical (unpaired) electrons. The Labute approximate surface area is 133 Å². The molecule has 0 aliphatic carbocycles. The van der Waals surface area contributed by atoms with E-state index < -0.39 is 0 Å². The monoisotopic (exact) mass is 314 g/mol. The maximum absolute atomic E-state index is 11.4. The van der Waals surface area contributed by atoms with E-state index in [9.17, 15) is 4.79 Å². The lowest BCUT2D eigenvalue weighted by Crippen LogP contribution is -2.30. The maximum atomic E-state index is 11.4. The van der Waals surface area contributed by atoms with E-state index in [4.69, 9.17) is 16.3 Å². The number of anilines is 1. The normalized spacial score (nSPS) is 16.8. The molecule has 0 saturated heterocycles. The van der Waals surface area contributed by atoms with Gasteiger partial charge in [0.05, 0.1) is 24.4 Å². The van der Waals surface area contributed by atoms with Gasteiger partial charge in [0.2, 0.25) is 0 Å². The fourth-order valence-corrected chi connectivity index (χ4v) is 2.43. The molecule has 0 spiro atoms. The largest absolute Gasteiger partial charge is 0.465 e. The molecule has 1 aliphatic heterocycles. The van der Waals surface area contributed by atoms with Crippen molar-refractivity contribution in [2.45, 2.75) is 6.04 Å². The molecular formula is C17H15ClN2O2. The molecular weight excluding hydrogens is 300 g/mol. The highest BCUT2D eigenvalue weighted by atomic mass is 35.5. The fraction of sp³-hybridized carbons (Fsp3) is 0.118. The zero-order valence-corrected chi connectivity index (χ0v) is 12.7. The average molecular weight is 315 g/mol. The molecule has 22 heavy (non-hydrogen) atoms. The summed E-state index contributed by atoms with van der Waals surface area (Å²) in [6.45, 7) is 0. The van der Waals surface area contributed by atoms with E-state index in [1.165, 1.54) is 7.11 Å². The van der Waals surface area contributed by atoms with Crippen LogP contribution in [0.15, 0.2) is 60.8 Å². The number of nitrogens with one attached hydrogen (secondary N) is 1. The molecule has 0 bridgehead atoms. The number of ether oxygens (including phenoxy) is 1. The number of hydrogen-bond acceptors (Lipinski definition) is 4. The van der Waals surface area contributed by atoms with Crippen molar-refractivity contribution in [3.05, 3.63) is 77.0 Å². The number of hydrazine groups is 1. The van der Waals surface area contributed by atoms with E-state index >= 15 is 0 Å². The molecule has 1 unspecified atom stereocenters. The predicted octanol–water partition coefficient (Wildman–Crippen LogP) is 3.71. The van der Waals surface area contributed by atoms with Crippen molar-refractivity contribution in [2.75, 3.05) is 12.1 Å². The first-order valence-electron chi connectivity index (χ1n) is 6.85. The van der Waals surface area contributed by atoms with Gasteiger partial charge in [0.15, 0.2) is 0 Å². The molecule has 1 heterocycles. The summed E-state index contributed by atoms with van der Waals surface area (Å²) in [4.78, 5) is 11.4. The van der Waals surface area contributed by atoms with Crippen molar-refractivity contribution in [1.82, 2.24) is 5.43 Å². The lowest BCUT2D eigenvalue weighted by molar-refractivity contribution is 0.0601. The van der Waals surface area contributed by atoms with Gasteiger partial charge in [-0.25, -0.2) is 10.2 Å². The molecule has 2 aromatic rings. The summed E-state index contributed by atoms with van der Waals surface area (Å²) in [7, 11) is 1.37. The van der Waals surface area contributed by atoms with E-state index in [-0.39, 0.29) is 12.0 Å². The lowest BCUT2D eigenvalue weighted by Gasteiger charge is -2.20. The van der Waals surface area contributed by atoms with Crippen molar-refractivity contribution in [3.63, 3.8) is 0 Å². The summed E-state index contributed by atoms with van der Waals surface area (Å²) >= 11 is 5.91. The molecule has 1 N–H and O–H groups in total. The van der Waals surface area contributed by atoms with E-state index in [1.807, 2.05) is 47.6 Å². The Morgan fingerprint density at radius 3 is 2.45 bits per heavy atom. The Hall–Kier alpha value is -2.30. The van der Waals surface area contributed by atoms with E-state index in [1.54, 1.807) is 12.1 Å². The standard InChI is InChI=1S/C17H15ClN2O2/c1-22-17(21)13-4-8-15(9-5-13)20-11-10-16(19-20)12-2-6-14(18)7-3-12/h2-11,16,19H,1H3. The number of benzene rings is 2. The van der Waals surface area contributed by atoms with Gasteiger partial charge in [0.1, 0.15) is 0 Å². The van der Waals surface area contributed by atoms with Crippen LogP contribution in [0.1, 0.15) is 22.0 Å². The maximum Gasteiger partial charge on any atom is 0.337 e. The second-order valence-corrected chi connectivity index (χ2v) is 5.34. The molecule has 3 rings (SSSR count). The Kier molecular flexibility index (Phi) is 4.13. The second kappa shape index (κ2) is 6.22. The van der Waals surface area contributed by atoms with E-state index in [2.05, 4.69) is 11.5 Å². The third-order valence-electron chi connectivity index (χ3n) is 3.50. The van der Waals surface area contributed by atoms with Crippen molar-refractivity contribution in [1.29, 1.82) is 0 Å². The summed E-state index contributed by atoms with van der Waals surface area (Å²) in [5.74, 6) is -0.337. The first-order chi connectivity index (χ1) is 10.7. The molecule has 1 atom stereocenters. The number of carbonyl (C=O) groups excluding carboxylic acids is 1. The van der Waals surface area contributed by atoms with Crippen LogP contribution in [0.4, 0.5) is 5.69 Å². The molecule has 0 amide bonds. The zero-order chi connectivity index (χ0) is 15.5. The first kappa shape index (κ1) is 14.6. The van der Waals surface area contributed by atoms with Crippen molar-refractivity contribution >= 4 is 23.3 Å². The molecule has 2 aromatic carbocycles. The minimum absolute atomic E-state index is 0.0950. The summed E-state index contributed by atoms with van der Waals surface area (Å²) in [6, 6.07) is 15.1. The molecule has 1 aliphatic rings.